The van der Waals surface area contributed by atoms with E-state index in [0.29, 0.717) is 25.3 Å². The summed E-state index contributed by atoms with van der Waals surface area (Å²) in [5, 5.41) is 9.45. The SMILES string of the molecule is COc1ccc(CNCCc2n[nH]c(=O)[nH]2)c(OC)c1. The lowest BCUT2D eigenvalue weighted by molar-refractivity contribution is 0.390. The average Bonchev–Trinajstić information content (AvgIpc) is 2.89. The fourth-order valence-corrected chi connectivity index (χ4v) is 1.85. The standard InChI is InChI=1S/C13H18N4O3/c1-19-10-4-3-9(11(7-10)20-2)8-14-6-5-12-15-13(18)17-16-12/h3-4,7,14H,5-6,8H2,1-2H3,(H2,15,16,17,18). The topological polar surface area (TPSA) is 92.0 Å². The van der Waals surface area contributed by atoms with Crippen LogP contribution < -0.4 is 20.5 Å². The fourth-order valence-electron chi connectivity index (χ4n) is 1.85. The molecule has 0 saturated heterocycles. The van der Waals surface area contributed by atoms with E-state index in [1.165, 1.54) is 0 Å². The van der Waals surface area contributed by atoms with Crippen molar-refractivity contribution in [3.8, 4) is 11.5 Å². The Bertz CT molecular complexity index is 606. The van der Waals surface area contributed by atoms with Crippen molar-refractivity contribution >= 4 is 0 Å². The number of aromatic nitrogens is 3. The molecule has 3 N–H and O–H groups in total. The molecule has 0 unspecified atom stereocenters. The van der Waals surface area contributed by atoms with Crippen LogP contribution in [0.3, 0.4) is 0 Å². The molecular formula is C13H18N4O3. The number of benzene rings is 1. The van der Waals surface area contributed by atoms with Gasteiger partial charge in [-0.05, 0) is 6.07 Å². The van der Waals surface area contributed by atoms with Gasteiger partial charge in [-0.2, -0.15) is 5.10 Å². The van der Waals surface area contributed by atoms with Gasteiger partial charge in [-0.25, -0.2) is 9.89 Å². The van der Waals surface area contributed by atoms with Crippen molar-refractivity contribution in [2.24, 2.45) is 0 Å². The highest BCUT2D eigenvalue weighted by Crippen LogP contribution is 2.24. The van der Waals surface area contributed by atoms with E-state index in [1.54, 1.807) is 14.2 Å². The largest absolute Gasteiger partial charge is 0.497 e. The molecule has 0 spiro atoms. The van der Waals surface area contributed by atoms with Gasteiger partial charge in [0.15, 0.2) is 0 Å². The maximum Gasteiger partial charge on any atom is 0.340 e. The van der Waals surface area contributed by atoms with E-state index in [1.807, 2.05) is 18.2 Å². The molecule has 0 saturated carbocycles. The number of methoxy groups -OCH3 is 2. The summed E-state index contributed by atoms with van der Waals surface area (Å²) >= 11 is 0. The molecule has 1 heterocycles. The Morgan fingerprint density at radius 3 is 2.80 bits per heavy atom. The van der Waals surface area contributed by atoms with Crippen LogP contribution in [0.25, 0.3) is 0 Å². The van der Waals surface area contributed by atoms with Gasteiger partial charge in [-0.15, -0.1) is 0 Å². The number of nitrogens with one attached hydrogen (secondary N) is 3. The number of H-pyrrole nitrogens is 2. The molecule has 1 aromatic carbocycles. The van der Waals surface area contributed by atoms with E-state index in [2.05, 4.69) is 20.5 Å². The van der Waals surface area contributed by atoms with E-state index in [0.717, 1.165) is 17.1 Å². The second-order valence-electron chi connectivity index (χ2n) is 4.23. The minimum atomic E-state index is -0.281. The third kappa shape index (κ3) is 3.61. The zero-order chi connectivity index (χ0) is 14.4. The summed E-state index contributed by atoms with van der Waals surface area (Å²) in [7, 11) is 3.25. The molecular weight excluding hydrogens is 260 g/mol. The first kappa shape index (κ1) is 14.1. The summed E-state index contributed by atoms with van der Waals surface area (Å²) in [6.07, 6.45) is 0.650. The number of nitrogens with zero attached hydrogens (tertiary/aromatic N) is 1. The van der Waals surface area contributed by atoms with Crippen LogP contribution in [0.1, 0.15) is 11.4 Å². The molecule has 0 aliphatic heterocycles. The Hall–Kier alpha value is -2.28. The summed E-state index contributed by atoms with van der Waals surface area (Å²) in [6.45, 7) is 1.37. The van der Waals surface area contributed by atoms with Crippen LogP contribution in [0, 0.1) is 0 Å². The summed E-state index contributed by atoms with van der Waals surface area (Å²) in [6, 6.07) is 5.70. The van der Waals surface area contributed by atoms with Crippen LogP contribution in [0.5, 0.6) is 11.5 Å². The van der Waals surface area contributed by atoms with Crippen molar-refractivity contribution in [1.29, 1.82) is 0 Å². The van der Waals surface area contributed by atoms with Gasteiger partial charge in [0.1, 0.15) is 17.3 Å². The van der Waals surface area contributed by atoms with Crippen LogP contribution in [0.15, 0.2) is 23.0 Å². The molecule has 0 aliphatic rings. The second-order valence-corrected chi connectivity index (χ2v) is 4.23. The highest BCUT2D eigenvalue weighted by molar-refractivity contribution is 5.40. The van der Waals surface area contributed by atoms with Crippen molar-refractivity contribution in [1.82, 2.24) is 20.5 Å². The minimum absolute atomic E-state index is 0.281. The normalized spacial score (nSPS) is 10.5. The van der Waals surface area contributed by atoms with E-state index >= 15 is 0 Å². The molecule has 20 heavy (non-hydrogen) atoms. The number of hydrogen-bond acceptors (Lipinski definition) is 5. The first-order valence-corrected chi connectivity index (χ1v) is 6.28. The molecule has 0 atom stereocenters. The summed E-state index contributed by atoms with van der Waals surface area (Å²) in [4.78, 5) is 13.5. The quantitative estimate of drug-likeness (QED) is 0.639. The first-order valence-electron chi connectivity index (χ1n) is 6.28. The van der Waals surface area contributed by atoms with Gasteiger partial charge >= 0.3 is 5.69 Å². The molecule has 7 heteroatoms. The predicted octanol–water partition coefficient (Wildman–Crippen LogP) is 0.448. The second kappa shape index (κ2) is 6.76. The van der Waals surface area contributed by atoms with Crippen LogP contribution in [0.4, 0.5) is 0 Å². The monoisotopic (exact) mass is 278 g/mol. The van der Waals surface area contributed by atoms with E-state index in [-0.39, 0.29) is 5.69 Å². The van der Waals surface area contributed by atoms with Crippen molar-refractivity contribution in [2.75, 3.05) is 20.8 Å². The van der Waals surface area contributed by atoms with Crippen LogP contribution >= 0.6 is 0 Å². The Morgan fingerprint density at radius 2 is 2.15 bits per heavy atom. The Morgan fingerprint density at radius 1 is 1.30 bits per heavy atom. The third-order valence-electron chi connectivity index (χ3n) is 2.90. The molecule has 7 nitrogen and oxygen atoms in total. The van der Waals surface area contributed by atoms with Crippen molar-refractivity contribution in [3.63, 3.8) is 0 Å². The van der Waals surface area contributed by atoms with Crippen LogP contribution in [-0.2, 0) is 13.0 Å². The van der Waals surface area contributed by atoms with Gasteiger partial charge in [0.05, 0.1) is 14.2 Å². The lowest BCUT2D eigenvalue weighted by atomic mass is 10.2. The molecule has 0 fully saturated rings. The Kier molecular flexibility index (Phi) is 4.78. The maximum absolute atomic E-state index is 10.9. The minimum Gasteiger partial charge on any atom is -0.497 e. The highest BCUT2D eigenvalue weighted by Gasteiger charge is 2.05. The number of rotatable bonds is 7. The average molecular weight is 278 g/mol. The predicted molar refractivity (Wildman–Crippen MR) is 74.2 cm³/mol. The number of ether oxygens (including phenoxy) is 2. The first-order chi connectivity index (χ1) is 9.72. The molecule has 0 amide bonds. The molecule has 1 aromatic heterocycles. The Balaban J connectivity index is 1.86. The molecule has 0 aliphatic carbocycles. The van der Waals surface area contributed by atoms with Gasteiger partial charge in [0, 0.05) is 31.1 Å². The van der Waals surface area contributed by atoms with Crippen LogP contribution in [0.2, 0.25) is 0 Å². The third-order valence-corrected chi connectivity index (χ3v) is 2.90. The van der Waals surface area contributed by atoms with Gasteiger partial charge in [-0.3, -0.25) is 4.98 Å². The molecule has 108 valence electrons. The molecule has 0 radical (unpaired) electrons. The summed E-state index contributed by atoms with van der Waals surface area (Å²) in [5.41, 5.74) is 0.764. The zero-order valence-electron chi connectivity index (χ0n) is 11.5. The van der Waals surface area contributed by atoms with Gasteiger partial charge in [-0.1, -0.05) is 6.07 Å². The maximum atomic E-state index is 10.9. The summed E-state index contributed by atoms with van der Waals surface area (Å²) < 4.78 is 10.5. The van der Waals surface area contributed by atoms with Crippen molar-refractivity contribution in [3.05, 3.63) is 40.1 Å². The number of hydrogen-bond donors (Lipinski definition) is 3. The highest BCUT2D eigenvalue weighted by atomic mass is 16.5. The van der Waals surface area contributed by atoms with Gasteiger partial charge in [0.2, 0.25) is 0 Å². The van der Waals surface area contributed by atoms with Gasteiger partial charge < -0.3 is 14.8 Å². The molecule has 2 rings (SSSR count). The van der Waals surface area contributed by atoms with Crippen molar-refractivity contribution < 1.29 is 9.47 Å². The zero-order valence-corrected chi connectivity index (χ0v) is 11.5. The van der Waals surface area contributed by atoms with Crippen LogP contribution in [-0.4, -0.2) is 35.9 Å². The smallest absolute Gasteiger partial charge is 0.340 e. The lowest BCUT2D eigenvalue weighted by Gasteiger charge is -2.11. The summed E-state index contributed by atoms with van der Waals surface area (Å²) in [5.74, 6) is 2.19. The Labute approximate surface area is 116 Å². The fraction of sp³-hybridized carbons (Fsp3) is 0.385. The van der Waals surface area contributed by atoms with E-state index in [4.69, 9.17) is 9.47 Å². The van der Waals surface area contributed by atoms with Gasteiger partial charge in [0.25, 0.3) is 0 Å². The van der Waals surface area contributed by atoms with E-state index in [9.17, 15) is 4.79 Å². The van der Waals surface area contributed by atoms with E-state index < -0.39 is 0 Å². The molecule has 0 bridgehead atoms. The lowest BCUT2D eigenvalue weighted by Crippen LogP contribution is -2.18. The van der Waals surface area contributed by atoms with Crippen molar-refractivity contribution in [2.45, 2.75) is 13.0 Å². The number of aromatic amines is 2. The molecule has 2 aromatic rings.